The summed E-state index contributed by atoms with van der Waals surface area (Å²) in [6.07, 6.45) is 0.779. The minimum Gasteiger partial charge on any atom is -0.393 e. The van der Waals surface area contributed by atoms with Gasteiger partial charge in [-0.1, -0.05) is 53.7 Å². The van der Waals surface area contributed by atoms with Gasteiger partial charge in [0.1, 0.15) is 6.10 Å². The molecular weight excluding hydrogens is 432 g/mol. The molecule has 0 fully saturated rings. The fraction of sp³-hybridized carbons (Fsp3) is 0.391. The lowest BCUT2D eigenvalue weighted by atomic mass is 9.95. The number of hydroxylamine groups is 1. The normalized spacial score (nSPS) is 18.9. The largest absolute Gasteiger partial charge is 0.393 e. The van der Waals surface area contributed by atoms with E-state index in [1.54, 1.807) is 6.92 Å². The molecule has 3 atom stereocenters. The summed E-state index contributed by atoms with van der Waals surface area (Å²) >= 11 is 0. The van der Waals surface area contributed by atoms with Crippen LogP contribution in [0.15, 0.2) is 53.7 Å². The SMILES string of the molecule is C[C@H](O)Cc1ccc(-c2ccc(C3=NO[C@@H](CC(C)(C(=O)NO)S(C)(=O)=O)C3)cc2)cc1. The summed E-state index contributed by atoms with van der Waals surface area (Å²) in [4.78, 5) is 17.4. The zero-order chi connectivity index (χ0) is 23.5. The van der Waals surface area contributed by atoms with Gasteiger partial charge in [0.2, 0.25) is 0 Å². The van der Waals surface area contributed by atoms with Gasteiger partial charge < -0.3 is 9.94 Å². The van der Waals surface area contributed by atoms with Crippen LogP contribution < -0.4 is 5.48 Å². The second kappa shape index (κ2) is 9.40. The van der Waals surface area contributed by atoms with Crippen molar-refractivity contribution in [2.45, 2.75) is 50.1 Å². The van der Waals surface area contributed by atoms with Crippen molar-refractivity contribution in [1.29, 1.82) is 0 Å². The van der Waals surface area contributed by atoms with Gasteiger partial charge in [0.25, 0.3) is 5.91 Å². The zero-order valence-electron chi connectivity index (χ0n) is 18.3. The number of amides is 1. The Morgan fingerprint density at radius 2 is 1.69 bits per heavy atom. The summed E-state index contributed by atoms with van der Waals surface area (Å²) in [5.74, 6) is -0.999. The van der Waals surface area contributed by atoms with Crippen molar-refractivity contribution >= 4 is 21.5 Å². The number of carbonyl (C=O) groups excluding carboxylic acids is 1. The van der Waals surface area contributed by atoms with Gasteiger partial charge in [0.05, 0.1) is 11.8 Å². The molecule has 9 heteroatoms. The van der Waals surface area contributed by atoms with E-state index in [1.165, 1.54) is 12.4 Å². The molecule has 0 saturated carbocycles. The van der Waals surface area contributed by atoms with Crippen molar-refractivity contribution in [2.75, 3.05) is 6.26 Å². The van der Waals surface area contributed by atoms with Crippen molar-refractivity contribution in [3.05, 3.63) is 59.7 Å². The fourth-order valence-electron chi connectivity index (χ4n) is 3.70. The highest BCUT2D eigenvalue weighted by Gasteiger charge is 2.47. The van der Waals surface area contributed by atoms with E-state index in [-0.39, 0.29) is 12.5 Å². The second-order valence-electron chi connectivity index (χ2n) is 8.45. The molecular formula is C23H28N2O6S. The number of carbonyl (C=O) groups is 1. The molecule has 1 aliphatic heterocycles. The topological polar surface area (TPSA) is 125 Å². The first-order chi connectivity index (χ1) is 15.0. The van der Waals surface area contributed by atoms with Gasteiger partial charge >= 0.3 is 0 Å². The molecule has 0 bridgehead atoms. The quantitative estimate of drug-likeness (QED) is 0.411. The first kappa shape index (κ1) is 23.9. The summed E-state index contributed by atoms with van der Waals surface area (Å²) < 4.78 is 22.5. The highest BCUT2D eigenvalue weighted by Crippen LogP contribution is 2.30. The van der Waals surface area contributed by atoms with E-state index in [1.807, 2.05) is 48.5 Å². The number of oxime groups is 1. The van der Waals surface area contributed by atoms with Crippen LogP contribution in [-0.4, -0.2) is 53.6 Å². The molecule has 32 heavy (non-hydrogen) atoms. The molecule has 1 aliphatic rings. The molecule has 2 aromatic carbocycles. The van der Waals surface area contributed by atoms with Crippen LogP contribution in [0.3, 0.4) is 0 Å². The van der Waals surface area contributed by atoms with E-state index in [9.17, 15) is 18.3 Å². The lowest BCUT2D eigenvalue weighted by Crippen LogP contribution is -2.51. The molecule has 1 heterocycles. The average molecular weight is 461 g/mol. The third-order valence-corrected chi connectivity index (χ3v) is 7.78. The van der Waals surface area contributed by atoms with Crippen LogP contribution in [0.5, 0.6) is 0 Å². The number of benzene rings is 2. The Labute approximate surface area is 187 Å². The van der Waals surface area contributed by atoms with Crippen LogP contribution in [0.25, 0.3) is 11.1 Å². The van der Waals surface area contributed by atoms with E-state index in [4.69, 9.17) is 10.0 Å². The van der Waals surface area contributed by atoms with Crippen LogP contribution in [0.4, 0.5) is 0 Å². The van der Waals surface area contributed by atoms with Crippen molar-refractivity contribution in [2.24, 2.45) is 5.16 Å². The number of aliphatic hydroxyl groups excluding tert-OH is 1. The van der Waals surface area contributed by atoms with Crippen LogP contribution in [-0.2, 0) is 25.9 Å². The van der Waals surface area contributed by atoms with Crippen LogP contribution in [0.2, 0.25) is 0 Å². The summed E-state index contributed by atoms with van der Waals surface area (Å²) in [6.45, 7) is 3.02. The number of nitrogens with zero attached hydrogens (tertiary/aromatic N) is 1. The van der Waals surface area contributed by atoms with E-state index in [0.717, 1.165) is 28.5 Å². The van der Waals surface area contributed by atoms with E-state index >= 15 is 0 Å². The van der Waals surface area contributed by atoms with Crippen molar-refractivity contribution in [3.8, 4) is 11.1 Å². The van der Waals surface area contributed by atoms with E-state index in [2.05, 4.69) is 5.16 Å². The molecule has 0 saturated heterocycles. The molecule has 0 radical (unpaired) electrons. The molecule has 0 aromatic heterocycles. The Balaban J connectivity index is 1.68. The van der Waals surface area contributed by atoms with Gasteiger partial charge in [-0.2, -0.15) is 0 Å². The predicted molar refractivity (Wildman–Crippen MR) is 121 cm³/mol. The Hall–Kier alpha value is -2.75. The number of hydrogen-bond donors (Lipinski definition) is 3. The fourth-order valence-corrected chi connectivity index (χ4v) is 4.57. The minimum atomic E-state index is -3.81. The molecule has 8 nitrogen and oxygen atoms in total. The van der Waals surface area contributed by atoms with Gasteiger partial charge in [-0.05, 0) is 42.5 Å². The van der Waals surface area contributed by atoms with Gasteiger partial charge in [-0.3, -0.25) is 10.0 Å². The minimum absolute atomic E-state index is 0.137. The summed E-state index contributed by atoms with van der Waals surface area (Å²) in [5, 5.41) is 22.6. The summed E-state index contributed by atoms with van der Waals surface area (Å²) in [7, 11) is -3.81. The first-order valence-corrected chi connectivity index (χ1v) is 12.2. The van der Waals surface area contributed by atoms with E-state index in [0.29, 0.717) is 18.6 Å². The zero-order valence-corrected chi connectivity index (χ0v) is 19.1. The van der Waals surface area contributed by atoms with Crippen LogP contribution in [0, 0.1) is 0 Å². The molecule has 3 N–H and O–H groups in total. The average Bonchev–Trinajstić information content (AvgIpc) is 3.21. The summed E-state index contributed by atoms with van der Waals surface area (Å²) in [6, 6.07) is 15.8. The van der Waals surface area contributed by atoms with Crippen molar-refractivity contribution in [1.82, 2.24) is 5.48 Å². The predicted octanol–water partition coefficient (Wildman–Crippen LogP) is 2.47. The Morgan fingerprint density at radius 3 is 2.19 bits per heavy atom. The van der Waals surface area contributed by atoms with Crippen molar-refractivity contribution < 1.29 is 28.4 Å². The molecule has 2 aromatic rings. The summed E-state index contributed by atoms with van der Waals surface area (Å²) in [5.41, 5.74) is 6.09. The number of sulfone groups is 1. The molecule has 1 unspecified atom stereocenters. The molecule has 172 valence electrons. The monoisotopic (exact) mass is 460 g/mol. The van der Waals surface area contributed by atoms with Crippen LogP contribution in [0.1, 0.15) is 37.8 Å². The van der Waals surface area contributed by atoms with E-state index < -0.39 is 26.6 Å². The Bertz CT molecular complexity index is 1090. The maximum Gasteiger partial charge on any atom is 0.264 e. The molecule has 0 aliphatic carbocycles. The number of hydrogen-bond acceptors (Lipinski definition) is 7. The van der Waals surface area contributed by atoms with Gasteiger partial charge in [0.15, 0.2) is 14.6 Å². The lowest BCUT2D eigenvalue weighted by Gasteiger charge is -2.26. The van der Waals surface area contributed by atoms with Gasteiger partial charge in [0, 0.05) is 19.1 Å². The maximum atomic E-state index is 12.2. The third-order valence-electron chi connectivity index (χ3n) is 5.79. The highest BCUT2D eigenvalue weighted by molar-refractivity contribution is 7.92. The number of nitrogens with one attached hydrogen (secondary N) is 1. The lowest BCUT2D eigenvalue weighted by molar-refractivity contribution is -0.132. The van der Waals surface area contributed by atoms with Crippen LogP contribution >= 0.6 is 0 Å². The Morgan fingerprint density at radius 1 is 1.16 bits per heavy atom. The van der Waals surface area contributed by atoms with Gasteiger partial charge in [-0.15, -0.1) is 0 Å². The number of rotatable bonds is 8. The molecule has 1 amide bonds. The number of aliphatic hydroxyl groups is 1. The standard InChI is InChI=1S/C23H28N2O6S/c1-15(26)12-16-4-6-17(7-5-16)18-8-10-19(11-9-18)21-13-20(31-25-21)14-23(2,22(27)24-28)32(3,29)30/h4-11,15,20,26,28H,12-14H2,1-3H3,(H,24,27)/t15-,20+,23?/m0/s1. The first-order valence-electron chi connectivity index (χ1n) is 10.3. The van der Waals surface area contributed by atoms with Crippen molar-refractivity contribution in [3.63, 3.8) is 0 Å². The molecule has 0 spiro atoms. The smallest absolute Gasteiger partial charge is 0.264 e. The Kier molecular flexibility index (Phi) is 7.02. The maximum absolute atomic E-state index is 12.2. The third kappa shape index (κ3) is 5.17. The highest BCUT2D eigenvalue weighted by atomic mass is 32.2. The second-order valence-corrected chi connectivity index (χ2v) is 10.9. The molecule has 3 rings (SSSR count). The van der Waals surface area contributed by atoms with Gasteiger partial charge in [-0.25, -0.2) is 13.9 Å².